The van der Waals surface area contributed by atoms with Gasteiger partial charge in [-0.25, -0.2) is 8.42 Å². The Kier molecular flexibility index (Phi) is 7.36. The molecular weight excluding hydrogens is 450 g/mol. The Morgan fingerprint density at radius 2 is 1.74 bits per heavy atom. The van der Waals surface area contributed by atoms with Crippen molar-refractivity contribution < 1.29 is 18.3 Å². The highest BCUT2D eigenvalue weighted by Crippen LogP contribution is 2.30. The molecule has 3 aromatic carbocycles. The molecule has 1 fully saturated rings. The molecule has 0 aromatic heterocycles. The van der Waals surface area contributed by atoms with Crippen LogP contribution in [0.25, 0.3) is 0 Å². The first-order valence-electron chi connectivity index (χ1n) is 11.2. The fourth-order valence-corrected chi connectivity index (χ4v) is 5.64. The Balaban J connectivity index is 1.60. The number of hydrogen-bond acceptors (Lipinski definition) is 6. The Labute approximate surface area is 200 Å². The first kappa shape index (κ1) is 23.6. The summed E-state index contributed by atoms with van der Waals surface area (Å²) in [7, 11) is -4.07. The van der Waals surface area contributed by atoms with Crippen LogP contribution in [0.1, 0.15) is 24.0 Å². The van der Waals surface area contributed by atoms with Crippen molar-refractivity contribution in [3.05, 3.63) is 83.9 Å². The second-order valence-corrected chi connectivity index (χ2v) is 10.0. The molecule has 0 atom stereocenters. The monoisotopic (exact) mass is 477 g/mol. The molecule has 3 aromatic rings. The average Bonchev–Trinajstić information content (AvgIpc) is 3.37. The SMILES string of the molecule is N#Cc1ccccc1S(=O)(=O)N(Cc1cccc(O)c1)c1ccc(OCCN2CCCC2)cc1. The van der Waals surface area contributed by atoms with Gasteiger partial charge in [0.05, 0.1) is 17.8 Å². The maximum Gasteiger partial charge on any atom is 0.265 e. The van der Waals surface area contributed by atoms with Crippen molar-refractivity contribution in [2.24, 2.45) is 0 Å². The van der Waals surface area contributed by atoms with Crippen molar-refractivity contribution in [1.29, 1.82) is 5.26 Å². The van der Waals surface area contributed by atoms with E-state index in [-0.39, 0.29) is 22.8 Å². The molecule has 7 nitrogen and oxygen atoms in total. The number of nitrogens with zero attached hydrogens (tertiary/aromatic N) is 3. The van der Waals surface area contributed by atoms with Crippen molar-refractivity contribution >= 4 is 15.7 Å². The zero-order chi connectivity index (χ0) is 24.0. The lowest BCUT2D eigenvalue weighted by atomic mass is 10.2. The number of sulfonamides is 1. The fraction of sp³-hybridized carbons (Fsp3) is 0.269. The quantitative estimate of drug-likeness (QED) is 0.498. The van der Waals surface area contributed by atoms with Gasteiger partial charge in [0, 0.05) is 6.54 Å². The van der Waals surface area contributed by atoms with Crippen LogP contribution in [-0.4, -0.2) is 44.7 Å². The van der Waals surface area contributed by atoms with E-state index in [1.54, 1.807) is 48.5 Å². The van der Waals surface area contributed by atoms with Crippen molar-refractivity contribution in [3.63, 3.8) is 0 Å². The van der Waals surface area contributed by atoms with Crippen LogP contribution in [0.3, 0.4) is 0 Å². The summed E-state index contributed by atoms with van der Waals surface area (Å²) in [5.74, 6) is 0.712. The van der Waals surface area contributed by atoms with Crippen LogP contribution in [0.2, 0.25) is 0 Å². The van der Waals surface area contributed by atoms with Gasteiger partial charge in [0.15, 0.2) is 0 Å². The summed E-state index contributed by atoms with van der Waals surface area (Å²) < 4.78 is 34.5. The van der Waals surface area contributed by atoms with E-state index in [1.807, 2.05) is 6.07 Å². The molecule has 0 radical (unpaired) electrons. The molecule has 8 heteroatoms. The molecule has 4 rings (SSSR count). The number of phenolic OH excluding ortho intramolecular Hbond substituents is 1. The molecule has 1 aliphatic heterocycles. The standard InChI is InChI=1S/C26H27N3O4S/c27-19-22-7-1-2-9-26(22)34(31,32)29(20-21-6-5-8-24(30)18-21)23-10-12-25(13-11-23)33-17-16-28-14-3-4-15-28/h1-2,5-13,18,30H,3-4,14-17,20H2. The zero-order valence-electron chi connectivity index (χ0n) is 18.8. The van der Waals surface area contributed by atoms with E-state index in [0.29, 0.717) is 23.6 Å². The van der Waals surface area contributed by atoms with E-state index in [4.69, 9.17) is 4.74 Å². The van der Waals surface area contributed by atoms with Crippen LogP contribution in [0, 0.1) is 11.3 Å². The largest absolute Gasteiger partial charge is 0.508 e. The molecule has 1 N–H and O–H groups in total. The van der Waals surface area contributed by atoms with Crippen molar-refractivity contribution in [3.8, 4) is 17.6 Å². The van der Waals surface area contributed by atoms with E-state index in [9.17, 15) is 18.8 Å². The highest BCUT2D eigenvalue weighted by molar-refractivity contribution is 7.92. The summed E-state index contributed by atoms with van der Waals surface area (Å²) >= 11 is 0. The van der Waals surface area contributed by atoms with Gasteiger partial charge in [-0.3, -0.25) is 9.21 Å². The number of likely N-dealkylation sites (tertiary alicyclic amines) is 1. The minimum atomic E-state index is -4.07. The molecular formula is C26H27N3O4S. The Bertz CT molecular complexity index is 1260. The lowest BCUT2D eigenvalue weighted by Gasteiger charge is -2.25. The second kappa shape index (κ2) is 10.6. The number of phenols is 1. The highest BCUT2D eigenvalue weighted by atomic mass is 32.2. The van der Waals surface area contributed by atoms with Crippen molar-refractivity contribution in [1.82, 2.24) is 4.90 Å². The maximum absolute atomic E-state index is 13.7. The molecule has 0 unspecified atom stereocenters. The zero-order valence-corrected chi connectivity index (χ0v) is 19.6. The van der Waals surface area contributed by atoms with Gasteiger partial charge in [-0.1, -0.05) is 24.3 Å². The third-order valence-corrected chi connectivity index (χ3v) is 7.64. The topological polar surface area (TPSA) is 93.9 Å². The molecule has 1 heterocycles. The summed E-state index contributed by atoms with van der Waals surface area (Å²) in [6.45, 7) is 3.64. The fourth-order valence-electron chi connectivity index (χ4n) is 4.05. The molecule has 1 aliphatic rings. The van der Waals surface area contributed by atoms with Gasteiger partial charge in [0.1, 0.15) is 29.1 Å². The van der Waals surface area contributed by atoms with Gasteiger partial charge in [-0.2, -0.15) is 5.26 Å². The molecule has 0 aliphatic carbocycles. The number of ether oxygens (including phenoxy) is 1. The van der Waals surface area contributed by atoms with Gasteiger partial charge in [0.25, 0.3) is 10.0 Å². The molecule has 34 heavy (non-hydrogen) atoms. The summed E-state index contributed by atoms with van der Waals surface area (Å²) in [6.07, 6.45) is 2.46. The predicted molar refractivity (Wildman–Crippen MR) is 130 cm³/mol. The number of benzene rings is 3. The van der Waals surface area contributed by atoms with E-state index in [0.717, 1.165) is 19.6 Å². The average molecular weight is 478 g/mol. The molecule has 176 valence electrons. The normalized spacial score (nSPS) is 14.0. The van der Waals surface area contributed by atoms with Crippen molar-refractivity contribution in [2.45, 2.75) is 24.3 Å². The smallest absolute Gasteiger partial charge is 0.265 e. The Morgan fingerprint density at radius 3 is 2.44 bits per heavy atom. The van der Waals surface area contributed by atoms with Crippen LogP contribution < -0.4 is 9.04 Å². The van der Waals surface area contributed by atoms with E-state index in [2.05, 4.69) is 4.90 Å². The number of rotatable bonds is 9. The second-order valence-electron chi connectivity index (χ2n) is 8.18. The van der Waals surface area contributed by atoms with Gasteiger partial charge in [-0.05, 0) is 80.0 Å². The van der Waals surface area contributed by atoms with Crippen LogP contribution in [0.5, 0.6) is 11.5 Å². The lowest BCUT2D eigenvalue weighted by Crippen LogP contribution is -2.31. The van der Waals surface area contributed by atoms with Crippen molar-refractivity contribution in [2.75, 3.05) is 30.5 Å². The number of aromatic hydroxyl groups is 1. The van der Waals surface area contributed by atoms with E-state index >= 15 is 0 Å². The number of hydrogen-bond donors (Lipinski definition) is 1. The van der Waals surface area contributed by atoms with E-state index < -0.39 is 10.0 Å². The first-order valence-corrected chi connectivity index (χ1v) is 12.7. The maximum atomic E-state index is 13.7. The van der Waals surface area contributed by atoms with Crippen LogP contribution in [-0.2, 0) is 16.6 Å². The number of anilines is 1. The molecule has 0 amide bonds. The lowest BCUT2D eigenvalue weighted by molar-refractivity contribution is 0.238. The molecule has 0 spiro atoms. The van der Waals surface area contributed by atoms with Gasteiger partial charge >= 0.3 is 0 Å². The third-order valence-electron chi connectivity index (χ3n) is 5.81. The predicted octanol–water partition coefficient (Wildman–Crippen LogP) is 4.13. The van der Waals surface area contributed by atoms with E-state index in [1.165, 1.54) is 41.4 Å². The number of nitriles is 1. The summed E-state index contributed by atoms with van der Waals surface area (Å²) in [6, 6.07) is 21.5. The van der Waals surface area contributed by atoms with Crippen LogP contribution in [0.15, 0.2) is 77.7 Å². The summed E-state index contributed by atoms with van der Waals surface area (Å²) in [5, 5.41) is 19.3. The minimum Gasteiger partial charge on any atom is -0.508 e. The Morgan fingerprint density at radius 1 is 1.00 bits per heavy atom. The van der Waals surface area contributed by atoms with Crippen LogP contribution in [0.4, 0.5) is 5.69 Å². The highest BCUT2D eigenvalue weighted by Gasteiger charge is 2.28. The molecule has 0 saturated carbocycles. The molecule has 0 bridgehead atoms. The Hall–Kier alpha value is -3.54. The summed E-state index contributed by atoms with van der Waals surface area (Å²) in [4.78, 5) is 2.30. The van der Waals surface area contributed by atoms with Gasteiger partial charge in [0.2, 0.25) is 0 Å². The summed E-state index contributed by atoms with van der Waals surface area (Å²) in [5.41, 5.74) is 1.12. The third kappa shape index (κ3) is 5.50. The van der Waals surface area contributed by atoms with Gasteiger partial charge < -0.3 is 9.84 Å². The first-order chi connectivity index (χ1) is 16.5. The van der Waals surface area contributed by atoms with Crippen LogP contribution >= 0.6 is 0 Å². The minimum absolute atomic E-state index is 0.00827. The van der Waals surface area contributed by atoms with Gasteiger partial charge in [-0.15, -0.1) is 0 Å². The molecule has 1 saturated heterocycles.